The summed E-state index contributed by atoms with van der Waals surface area (Å²) >= 11 is 0. The molecule has 8 heteroatoms. The van der Waals surface area contributed by atoms with Crippen molar-refractivity contribution in [3.63, 3.8) is 0 Å². The first-order valence-corrected chi connectivity index (χ1v) is 17.6. The van der Waals surface area contributed by atoms with E-state index in [1.54, 1.807) is 0 Å². The van der Waals surface area contributed by atoms with Gasteiger partial charge in [0.25, 0.3) is 0 Å². The van der Waals surface area contributed by atoms with Crippen molar-refractivity contribution < 1.29 is 30.6 Å². The average Bonchev–Trinajstić information content (AvgIpc) is 0.592. The molecule has 0 atom stereocenters. The van der Waals surface area contributed by atoms with Crippen LogP contribution in [0.25, 0.3) is 0 Å². The maximum atomic E-state index is 5.05. The molecule has 0 fully saturated rings. The van der Waals surface area contributed by atoms with Crippen molar-refractivity contribution in [1.29, 1.82) is 0 Å². The predicted octanol–water partition coefficient (Wildman–Crippen LogP) is 4.36. The van der Waals surface area contributed by atoms with Crippen molar-refractivity contribution >= 4 is 56.5 Å². The zero-order valence-electron chi connectivity index (χ0n) is 4.90. The van der Waals surface area contributed by atoms with Crippen LogP contribution in [0.4, 0.5) is 0 Å². The Bertz CT molecular complexity index is 74.3. The Morgan fingerprint density at radius 3 is 0.750 bits per heavy atom. The van der Waals surface area contributed by atoms with Gasteiger partial charge in [0.05, 0.1) is 0 Å². The minimum absolute atomic E-state index is 0. The summed E-state index contributed by atoms with van der Waals surface area (Å²) in [7, 11) is 25.0. The molecule has 0 rings (SSSR count). The molecule has 0 aromatic heterocycles. The number of hydrogen-bond donors (Lipinski definition) is 0. The van der Waals surface area contributed by atoms with Crippen molar-refractivity contribution in [2.45, 2.75) is 0 Å². The van der Waals surface area contributed by atoms with Crippen LogP contribution in [0.5, 0.6) is 0 Å². The molecule has 0 saturated carbocycles. The van der Waals surface area contributed by atoms with Gasteiger partial charge in [0.15, 0.2) is 0 Å². The molecule has 0 bridgehead atoms. The maximum absolute atomic E-state index is 5.29. The van der Waals surface area contributed by atoms with E-state index in [2.05, 4.69) is 0 Å². The van der Waals surface area contributed by atoms with Crippen molar-refractivity contribution in [1.82, 2.24) is 0 Å². The van der Waals surface area contributed by atoms with E-state index in [0.717, 1.165) is 0 Å². The second-order valence-corrected chi connectivity index (χ2v) is 49.9. The van der Waals surface area contributed by atoms with Crippen molar-refractivity contribution in [2.24, 2.45) is 0 Å². The number of hydrogen-bond acceptors (Lipinski definition) is 0. The normalized spacial score (nSPS) is 20.2. The molecule has 0 amide bonds. The molecule has 0 spiro atoms. The van der Waals surface area contributed by atoms with E-state index in [-0.39, 0.29) is 23.3 Å². The number of halogens is 6. The summed E-state index contributed by atoms with van der Waals surface area (Å²) in [6.07, 6.45) is 0. The van der Waals surface area contributed by atoms with Gasteiger partial charge in [-0.1, -0.05) is 0 Å². The van der Waals surface area contributed by atoms with E-state index in [1.165, 1.54) is 0 Å². The SMILES string of the molecule is [Cl][Pt-2]([Cl])([Cl])([Cl])([Cl])[Cl].[H+].[H+].[Pd]. The van der Waals surface area contributed by atoms with Crippen LogP contribution in [0.15, 0.2) is 0 Å². The van der Waals surface area contributed by atoms with Gasteiger partial charge < -0.3 is 0 Å². The molecule has 0 N–H and O–H groups in total. The first-order chi connectivity index (χ1) is 2.45. The van der Waals surface area contributed by atoms with Gasteiger partial charge in [0, 0.05) is 20.4 Å². The molecule has 0 aromatic rings. The predicted molar refractivity (Wildman–Crippen MR) is 37.3 cm³/mol. The van der Waals surface area contributed by atoms with Crippen molar-refractivity contribution in [2.75, 3.05) is 0 Å². The summed E-state index contributed by atoms with van der Waals surface area (Å²) in [5, 5.41) is 0. The first-order valence-electron chi connectivity index (χ1n) is 0.717. The quantitative estimate of drug-likeness (QED) is 0.420. The molecule has 8 heavy (non-hydrogen) atoms. The molecule has 0 radical (unpaired) electrons. The van der Waals surface area contributed by atoms with E-state index in [4.69, 9.17) is 56.5 Å². The fourth-order valence-electron chi connectivity index (χ4n) is 0. The van der Waals surface area contributed by atoms with Crippen LogP contribution >= 0.6 is 56.5 Å². The Labute approximate surface area is 85.7 Å². The summed E-state index contributed by atoms with van der Waals surface area (Å²) < 4.78 is 0. The van der Waals surface area contributed by atoms with Gasteiger partial charge in [-0.05, 0) is 0 Å². The average molecular weight is 516 g/mol. The number of rotatable bonds is 0. The molecular weight excluding hydrogens is 514 g/mol. The fraction of sp³-hybridized carbons (Fsp3) is 0. The molecule has 0 aliphatic heterocycles. The molecular formula is H2Cl6PdPt. The second-order valence-electron chi connectivity index (χ2n) is 0.678. The largest absolute Gasteiger partial charge is 1.00 e. The molecule has 0 aliphatic carbocycles. The van der Waals surface area contributed by atoms with Crippen LogP contribution in [0.3, 0.4) is 0 Å². The Morgan fingerprint density at radius 2 is 0.750 bits per heavy atom. The monoisotopic (exact) mass is 513 g/mol. The molecule has 0 heterocycles. The third-order valence-corrected chi connectivity index (χ3v) is 0. The van der Waals surface area contributed by atoms with Crippen molar-refractivity contribution in [3.05, 3.63) is 0 Å². The van der Waals surface area contributed by atoms with Crippen LogP contribution in [-0.4, -0.2) is 0 Å². The molecule has 0 saturated heterocycles. The summed E-state index contributed by atoms with van der Waals surface area (Å²) in [5.74, 6) is 0. The Kier molecular flexibility index (Phi) is 4.35. The van der Waals surface area contributed by atoms with Gasteiger partial charge in [0.2, 0.25) is 0 Å². The molecule has 0 nitrogen and oxygen atoms in total. The zero-order valence-corrected chi connectivity index (χ0v) is 11.3. The topological polar surface area (TPSA) is 0 Å². The van der Waals surface area contributed by atoms with Crippen LogP contribution in [0.2, 0.25) is 0 Å². The molecule has 0 aromatic carbocycles. The Balaban J connectivity index is -0.0000000600. The molecule has 64 valence electrons. The van der Waals surface area contributed by atoms with Crippen LogP contribution < -0.4 is 0 Å². The fourth-order valence-corrected chi connectivity index (χ4v) is 0. The van der Waals surface area contributed by atoms with E-state index in [0.29, 0.717) is 0 Å². The van der Waals surface area contributed by atoms with Crippen LogP contribution in [0.1, 0.15) is 2.85 Å². The van der Waals surface area contributed by atoms with Crippen LogP contribution in [0, 0.1) is 0 Å². The third kappa shape index (κ3) is 62.3. The minimum atomic E-state index is -5.29. The van der Waals surface area contributed by atoms with Crippen molar-refractivity contribution in [3.8, 4) is 0 Å². The molecule has 0 unspecified atom stereocenters. The minimum Gasteiger partial charge on any atom is 0 e. The van der Waals surface area contributed by atoms with Crippen LogP contribution in [-0.2, 0) is 27.7 Å². The van der Waals surface area contributed by atoms with E-state index >= 15 is 0 Å². The van der Waals surface area contributed by atoms with E-state index in [1.807, 2.05) is 0 Å². The zero-order chi connectivity index (χ0) is 6.41. The van der Waals surface area contributed by atoms with Gasteiger partial charge in [-0.2, -0.15) is 0 Å². The van der Waals surface area contributed by atoms with E-state index < -0.39 is 7.31 Å². The maximum Gasteiger partial charge on any atom is 1.00 e. The Hall–Kier alpha value is 3.09. The van der Waals surface area contributed by atoms with Gasteiger partial charge in [0.1, 0.15) is 0 Å². The van der Waals surface area contributed by atoms with Gasteiger partial charge >= 0.3 is 66.7 Å². The van der Waals surface area contributed by atoms with E-state index in [9.17, 15) is 0 Å². The van der Waals surface area contributed by atoms with Gasteiger partial charge in [-0.3, -0.25) is 0 Å². The standard InChI is InChI=1S/6ClH.Pd.Pt/h6*1H;;/q;;;;;;;+4/p-4. The summed E-state index contributed by atoms with van der Waals surface area (Å²) in [6.45, 7) is 0. The summed E-state index contributed by atoms with van der Waals surface area (Å²) in [6, 6.07) is 0. The third-order valence-electron chi connectivity index (χ3n) is 0. The first kappa shape index (κ1) is 13.7. The summed E-state index contributed by atoms with van der Waals surface area (Å²) in [4.78, 5) is 0. The van der Waals surface area contributed by atoms with Gasteiger partial charge in [-0.25, -0.2) is 0 Å². The molecule has 0 aliphatic rings. The second kappa shape index (κ2) is 2.55. The summed E-state index contributed by atoms with van der Waals surface area (Å²) in [5.41, 5.74) is 0. The Morgan fingerprint density at radius 1 is 0.750 bits per heavy atom. The smallest absolute Gasteiger partial charge is 0 e. The van der Waals surface area contributed by atoms with Gasteiger partial charge in [-0.15, -0.1) is 0 Å².